The second kappa shape index (κ2) is 7.88. The molecule has 0 bridgehead atoms. The molecule has 4 nitrogen and oxygen atoms in total. The van der Waals surface area contributed by atoms with Gasteiger partial charge in [-0.05, 0) is 93.9 Å². The van der Waals surface area contributed by atoms with E-state index in [9.17, 15) is 9.18 Å². The van der Waals surface area contributed by atoms with Crippen molar-refractivity contribution < 1.29 is 13.9 Å². The summed E-state index contributed by atoms with van der Waals surface area (Å²) in [5.41, 5.74) is 0.911. The van der Waals surface area contributed by atoms with Crippen molar-refractivity contribution in [1.29, 1.82) is 0 Å². The van der Waals surface area contributed by atoms with Gasteiger partial charge in [-0.2, -0.15) is 0 Å². The highest BCUT2D eigenvalue weighted by Crippen LogP contribution is 2.54. The minimum absolute atomic E-state index is 0.0337. The van der Waals surface area contributed by atoms with Crippen LogP contribution >= 0.6 is 27.9 Å². The van der Waals surface area contributed by atoms with Crippen molar-refractivity contribution in [2.75, 3.05) is 6.54 Å². The van der Waals surface area contributed by atoms with Crippen LogP contribution < -0.4 is 0 Å². The van der Waals surface area contributed by atoms with Crippen LogP contribution in [0.2, 0.25) is 0 Å². The zero-order valence-electron chi connectivity index (χ0n) is 18.0. The number of carbonyl (C=O) groups is 1. The van der Waals surface area contributed by atoms with Gasteiger partial charge in [0, 0.05) is 23.1 Å². The van der Waals surface area contributed by atoms with Crippen molar-refractivity contribution in [1.82, 2.24) is 4.90 Å². The average Bonchev–Trinajstić information content (AvgIpc) is 3.26. The number of ether oxygens (including phenoxy) is 1. The molecule has 1 atom stereocenters. The maximum Gasteiger partial charge on any atom is 0.410 e. The highest BCUT2D eigenvalue weighted by atomic mass is 79.9. The maximum absolute atomic E-state index is 14.7. The molecule has 1 aliphatic carbocycles. The van der Waals surface area contributed by atoms with E-state index < -0.39 is 5.60 Å². The number of nitrogens with zero attached hydrogens (tertiary/aromatic N) is 2. The second-order valence-electron chi connectivity index (χ2n) is 10.0. The lowest BCUT2D eigenvalue weighted by molar-refractivity contribution is 0.0232. The van der Waals surface area contributed by atoms with E-state index in [4.69, 9.17) is 9.13 Å². The third kappa shape index (κ3) is 5.35. The molecule has 1 aliphatic heterocycles. The summed E-state index contributed by atoms with van der Waals surface area (Å²) in [5.74, 6) is -0.281. The third-order valence-electron chi connectivity index (χ3n) is 5.05. The lowest BCUT2D eigenvalue weighted by atomic mass is 9.95. The fourth-order valence-electron chi connectivity index (χ4n) is 3.56. The molecule has 2 aliphatic rings. The number of hydrogen-bond donors (Lipinski definition) is 0. The van der Waals surface area contributed by atoms with Gasteiger partial charge in [0.05, 0.1) is 16.2 Å². The lowest BCUT2D eigenvalue weighted by Gasteiger charge is -2.29. The first-order valence-electron chi connectivity index (χ1n) is 10.0. The number of likely N-dealkylation sites (tertiary alicyclic amines) is 1. The molecule has 1 amide bonds. The van der Waals surface area contributed by atoms with Gasteiger partial charge in [0.25, 0.3) is 0 Å². The molecule has 0 radical (unpaired) electrons. The monoisotopic (exact) mass is 484 g/mol. The number of amides is 1. The van der Waals surface area contributed by atoms with Crippen LogP contribution in [-0.2, 0) is 11.2 Å². The number of halogens is 2. The first kappa shape index (κ1) is 22.6. The Morgan fingerprint density at radius 2 is 1.97 bits per heavy atom. The molecule has 7 heteroatoms. The molecule has 1 spiro atoms. The van der Waals surface area contributed by atoms with Crippen LogP contribution in [0, 0.1) is 11.2 Å². The van der Waals surface area contributed by atoms with Crippen LogP contribution in [0.1, 0.15) is 59.9 Å². The lowest BCUT2D eigenvalue weighted by Crippen LogP contribution is -2.42. The highest BCUT2D eigenvalue weighted by molar-refractivity contribution is 9.10. The van der Waals surface area contributed by atoms with Gasteiger partial charge in [0.1, 0.15) is 11.4 Å². The summed E-state index contributed by atoms with van der Waals surface area (Å²) in [6.45, 7) is 12.5. The van der Waals surface area contributed by atoms with E-state index in [1.165, 1.54) is 11.9 Å². The Balaban J connectivity index is 1.97. The van der Waals surface area contributed by atoms with Crippen LogP contribution in [-0.4, -0.2) is 39.6 Å². The van der Waals surface area contributed by atoms with E-state index >= 15 is 0 Å². The molecule has 1 aromatic carbocycles. The SMILES string of the molecule is CC(C)(C)OC(=O)N1CC2(CC2)/C(=N\SC(C)(C)C)C1Cc1cccc(Br)c1F. The quantitative estimate of drug-likeness (QED) is 0.464. The zero-order valence-corrected chi connectivity index (χ0v) is 20.4. The maximum atomic E-state index is 14.7. The Morgan fingerprint density at radius 3 is 2.52 bits per heavy atom. The van der Waals surface area contributed by atoms with Gasteiger partial charge in [-0.3, -0.25) is 4.90 Å². The Kier molecular flexibility index (Phi) is 6.14. The number of hydrogen-bond acceptors (Lipinski definition) is 4. The first-order valence-corrected chi connectivity index (χ1v) is 11.6. The van der Waals surface area contributed by atoms with Gasteiger partial charge in [0.2, 0.25) is 0 Å². The Morgan fingerprint density at radius 1 is 1.31 bits per heavy atom. The van der Waals surface area contributed by atoms with E-state index in [1.807, 2.05) is 26.8 Å². The van der Waals surface area contributed by atoms with Gasteiger partial charge in [-0.15, -0.1) is 0 Å². The van der Waals surface area contributed by atoms with Crippen molar-refractivity contribution in [2.24, 2.45) is 9.81 Å². The predicted molar refractivity (Wildman–Crippen MR) is 121 cm³/mol. The summed E-state index contributed by atoms with van der Waals surface area (Å²) in [7, 11) is 0. The number of rotatable bonds is 3. The van der Waals surface area contributed by atoms with E-state index in [-0.39, 0.29) is 28.1 Å². The minimum Gasteiger partial charge on any atom is -0.444 e. The van der Waals surface area contributed by atoms with Gasteiger partial charge in [-0.1, -0.05) is 12.1 Å². The van der Waals surface area contributed by atoms with Crippen LogP contribution in [0.25, 0.3) is 0 Å². The van der Waals surface area contributed by atoms with Gasteiger partial charge in [-0.25, -0.2) is 13.6 Å². The molecule has 1 aromatic rings. The summed E-state index contributed by atoms with van der Waals surface area (Å²) in [5, 5.41) is 0. The fraction of sp³-hybridized carbons (Fsp3) is 0.636. The molecule has 1 saturated carbocycles. The van der Waals surface area contributed by atoms with Crippen LogP contribution in [0.3, 0.4) is 0 Å². The van der Waals surface area contributed by atoms with E-state index in [2.05, 4.69) is 36.7 Å². The normalized spacial score (nSPS) is 22.4. The van der Waals surface area contributed by atoms with E-state index in [1.54, 1.807) is 17.0 Å². The summed E-state index contributed by atoms with van der Waals surface area (Å²) in [6, 6.07) is 4.99. The summed E-state index contributed by atoms with van der Waals surface area (Å²) >= 11 is 4.80. The zero-order chi connectivity index (χ0) is 21.6. The first-order chi connectivity index (χ1) is 13.3. The number of carbonyl (C=O) groups excluding carboxylic acids is 1. The van der Waals surface area contributed by atoms with Gasteiger partial charge < -0.3 is 4.74 Å². The molecule has 0 N–H and O–H groups in total. The summed E-state index contributed by atoms with van der Waals surface area (Å²) in [4.78, 5) is 14.8. The van der Waals surface area contributed by atoms with Crippen molar-refractivity contribution in [3.05, 3.63) is 34.1 Å². The predicted octanol–water partition coefficient (Wildman–Crippen LogP) is 6.42. The fourth-order valence-corrected chi connectivity index (χ4v) is 4.66. The van der Waals surface area contributed by atoms with Gasteiger partial charge in [0.15, 0.2) is 0 Å². The summed E-state index contributed by atoms with van der Waals surface area (Å²) < 4.78 is 25.7. The van der Waals surface area contributed by atoms with Crippen molar-refractivity contribution in [3.63, 3.8) is 0 Å². The third-order valence-corrected chi connectivity index (χ3v) is 6.50. The smallest absolute Gasteiger partial charge is 0.410 e. The topological polar surface area (TPSA) is 41.9 Å². The molecule has 1 saturated heterocycles. The van der Waals surface area contributed by atoms with Crippen LogP contribution in [0.15, 0.2) is 27.1 Å². The Labute approximate surface area is 185 Å². The van der Waals surface area contributed by atoms with Crippen LogP contribution in [0.4, 0.5) is 9.18 Å². The highest BCUT2D eigenvalue weighted by Gasteiger charge is 2.59. The molecule has 3 rings (SSSR count). The second-order valence-corrected chi connectivity index (χ2v) is 12.4. The molecule has 29 heavy (non-hydrogen) atoms. The molecule has 160 valence electrons. The average molecular weight is 485 g/mol. The molecule has 2 fully saturated rings. The number of benzene rings is 1. The molecular weight excluding hydrogens is 455 g/mol. The van der Waals surface area contributed by atoms with Crippen LogP contribution in [0.5, 0.6) is 0 Å². The standard InChI is InChI=1S/C22H30BrFN2O2S/c1-20(2,3)28-19(27)26-13-22(10-11-22)18(25-29-21(4,5)6)16(26)12-14-8-7-9-15(23)17(14)24/h7-9,16H,10-13H2,1-6H3/b25-18-. The molecular formula is C22H30BrFN2O2S. The minimum atomic E-state index is -0.584. The van der Waals surface area contributed by atoms with Gasteiger partial charge >= 0.3 is 6.09 Å². The van der Waals surface area contributed by atoms with Crippen molar-refractivity contribution >= 4 is 39.7 Å². The summed E-state index contributed by atoms with van der Waals surface area (Å²) in [6.07, 6.45) is 2.05. The van der Waals surface area contributed by atoms with E-state index in [0.29, 0.717) is 23.0 Å². The largest absolute Gasteiger partial charge is 0.444 e. The molecule has 0 aromatic heterocycles. The molecule has 1 heterocycles. The van der Waals surface area contributed by atoms with Crippen molar-refractivity contribution in [3.8, 4) is 0 Å². The Hall–Kier alpha value is -1.08. The molecule has 1 unspecified atom stereocenters. The van der Waals surface area contributed by atoms with Crippen molar-refractivity contribution in [2.45, 2.75) is 77.2 Å². The Bertz CT molecular complexity index is 825. The van der Waals surface area contributed by atoms with E-state index in [0.717, 1.165) is 18.6 Å².